The molecule has 0 spiro atoms. The molecule has 0 radical (unpaired) electrons. The average Bonchev–Trinajstić information content (AvgIpc) is 3.08. The second-order valence-electron chi connectivity index (χ2n) is 6.86. The molecule has 144 valence electrons. The molecule has 0 saturated heterocycles. The fraction of sp³-hybridized carbons (Fsp3) is 0.0833. The monoisotopic (exact) mass is 386 g/mol. The number of aryl methyl sites for hydroxylation is 1. The molecule has 0 fully saturated rings. The number of hydrogen-bond acceptors (Lipinski definition) is 2. The Balaban J connectivity index is 1.68. The zero-order chi connectivity index (χ0) is 20.4. The number of para-hydroxylation sites is 2. The molecule has 0 bridgehead atoms. The lowest BCUT2D eigenvalue weighted by atomic mass is 10.0. The molecule has 1 aromatic heterocycles. The maximum atomic E-state index is 14.1. The standard InChI is InChI=1S/C24H19FN2O2/c1-16-8-2-6-12-21(16)26-23(28)15-27-14-19(17-9-4-7-13-22(17)27)24(29)18-10-3-5-11-20(18)25/h2-14H,15H2,1H3,(H,26,28). The van der Waals surface area contributed by atoms with Gasteiger partial charge in [0.25, 0.3) is 0 Å². The van der Waals surface area contributed by atoms with Gasteiger partial charge in [0.15, 0.2) is 5.78 Å². The molecule has 5 heteroatoms. The Kier molecular flexibility index (Phi) is 4.96. The van der Waals surface area contributed by atoms with Crippen LogP contribution in [0.3, 0.4) is 0 Å². The number of amides is 1. The van der Waals surface area contributed by atoms with Gasteiger partial charge in [-0.05, 0) is 36.8 Å². The Morgan fingerprint density at radius 2 is 1.59 bits per heavy atom. The maximum Gasteiger partial charge on any atom is 0.244 e. The molecule has 4 nitrogen and oxygen atoms in total. The Morgan fingerprint density at radius 1 is 0.897 bits per heavy atom. The predicted molar refractivity (Wildman–Crippen MR) is 112 cm³/mol. The Hall–Kier alpha value is -3.73. The fourth-order valence-electron chi connectivity index (χ4n) is 3.41. The first-order valence-corrected chi connectivity index (χ1v) is 9.27. The number of hydrogen-bond donors (Lipinski definition) is 1. The maximum absolute atomic E-state index is 14.1. The van der Waals surface area contributed by atoms with E-state index in [0.29, 0.717) is 10.9 Å². The van der Waals surface area contributed by atoms with Gasteiger partial charge in [-0.15, -0.1) is 0 Å². The molecule has 3 aromatic carbocycles. The lowest BCUT2D eigenvalue weighted by Crippen LogP contribution is -2.18. The summed E-state index contributed by atoms with van der Waals surface area (Å²) < 4.78 is 15.9. The largest absolute Gasteiger partial charge is 0.337 e. The van der Waals surface area contributed by atoms with Gasteiger partial charge in [0.1, 0.15) is 12.4 Å². The molecule has 0 aliphatic carbocycles. The van der Waals surface area contributed by atoms with Gasteiger partial charge in [-0.2, -0.15) is 0 Å². The third kappa shape index (κ3) is 3.67. The number of nitrogens with zero attached hydrogens (tertiary/aromatic N) is 1. The van der Waals surface area contributed by atoms with Crippen LogP contribution in [0.4, 0.5) is 10.1 Å². The van der Waals surface area contributed by atoms with E-state index in [1.165, 1.54) is 12.1 Å². The van der Waals surface area contributed by atoms with Crippen molar-refractivity contribution in [3.63, 3.8) is 0 Å². The Morgan fingerprint density at radius 3 is 2.38 bits per heavy atom. The second-order valence-corrected chi connectivity index (χ2v) is 6.86. The van der Waals surface area contributed by atoms with Gasteiger partial charge in [0.05, 0.1) is 5.56 Å². The number of benzene rings is 3. The topological polar surface area (TPSA) is 51.1 Å². The molecule has 0 aliphatic heterocycles. The van der Waals surface area contributed by atoms with E-state index in [2.05, 4.69) is 5.32 Å². The van der Waals surface area contributed by atoms with Crippen molar-refractivity contribution in [3.05, 3.63) is 102 Å². The number of anilines is 1. The molecule has 1 N–H and O–H groups in total. The van der Waals surface area contributed by atoms with Crippen molar-refractivity contribution in [3.8, 4) is 0 Å². The molecule has 4 aromatic rings. The molecule has 29 heavy (non-hydrogen) atoms. The fourth-order valence-corrected chi connectivity index (χ4v) is 3.41. The normalized spacial score (nSPS) is 10.8. The van der Waals surface area contributed by atoms with Gasteiger partial charge in [-0.25, -0.2) is 4.39 Å². The van der Waals surface area contributed by atoms with E-state index in [9.17, 15) is 14.0 Å². The molecule has 0 aliphatic rings. The zero-order valence-corrected chi connectivity index (χ0v) is 15.9. The molecular weight excluding hydrogens is 367 g/mol. The van der Waals surface area contributed by atoms with Gasteiger partial charge < -0.3 is 9.88 Å². The number of aromatic nitrogens is 1. The summed E-state index contributed by atoms with van der Waals surface area (Å²) in [7, 11) is 0. The summed E-state index contributed by atoms with van der Waals surface area (Å²) in [6.45, 7) is 1.96. The van der Waals surface area contributed by atoms with Crippen molar-refractivity contribution in [2.45, 2.75) is 13.5 Å². The number of nitrogens with one attached hydrogen (secondary N) is 1. The van der Waals surface area contributed by atoms with Crippen LogP contribution in [0.5, 0.6) is 0 Å². The van der Waals surface area contributed by atoms with Crippen LogP contribution in [0.25, 0.3) is 10.9 Å². The number of carbonyl (C=O) groups excluding carboxylic acids is 2. The minimum Gasteiger partial charge on any atom is -0.337 e. The Bertz CT molecular complexity index is 1230. The molecule has 0 saturated carbocycles. The summed E-state index contributed by atoms with van der Waals surface area (Å²) in [6, 6.07) is 20.7. The average molecular weight is 386 g/mol. The highest BCUT2D eigenvalue weighted by Gasteiger charge is 2.20. The van der Waals surface area contributed by atoms with Crippen molar-refractivity contribution in [2.24, 2.45) is 0 Å². The van der Waals surface area contributed by atoms with E-state index in [1.54, 1.807) is 29.0 Å². The van der Waals surface area contributed by atoms with Crippen LogP contribution in [0.2, 0.25) is 0 Å². The van der Waals surface area contributed by atoms with Crippen molar-refractivity contribution in [2.75, 3.05) is 5.32 Å². The highest BCUT2D eigenvalue weighted by atomic mass is 19.1. The van der Waals surface area contributed by atoms with Crippen LogP contribution in [-0.2, 0) is 11.3 Å². The highest BCUT2D eigenvalue weighted by Crippen LogP contribution is 2.25. The summed E-state index contributed by atoms with van der Waals surface area (Å²) in [5.41, 5.74) is 2.84. The van der Waals surface area contributed by atoms with Crippen molar-refractivity contribution >= 4 is 28.3 Å². The van der Waals surface area contributed by atoms with Crippen LogP contribution in [0, 0.1) is 12.7 Å². The van der Waals surface area contributed by atoms with Gasteiger partial charge in [0, 0.05) is 28.4 Å². The molecule has 0 atom stereocenters. The summed E-state index contributed by atoms with van der Waals surface area (Å²) in [4.78, 5) is 25.6. The van der Waals surface area contributed by atoms with E-state index < -0.39 is 11.6 Å². The molecule has 0 unspecified atom stereocenters. The van der Waals surface area contributed by atoms with Gasteiger partial charge in [-0.1, -0.05) is 48.5 Å². The van der Waals surface area contributed by atoms with E-state index >= 15 is 0 Å². The van der Waals surface area contributed by atoms with Crippen LogP contribution in [0.1, 0.15) is 21.5 Å². The number of ketones is 1. The summed E-state index contributed by atoms with van der Waals surface area (Å²) in [5.74, 6) is -1.17. The minimum atomic E-state index is -0.563. The van der Waals surface area contributed by atoms with E-state index in [0.717, 1.165) is 16.8 Å². The molecule has 4 rings (SSSR count). The third-order valence-electron chi connectivity index (χ3n) is 4.88. The highest BCUT2D eigenvalue weighted by molar-refractivity contribution is 6.16. The first-order valence-electron chi connectivity index (χ1n) is 9.27. The Labute approximate surface area is 167 Å². The second kappa shape index (κ2) is 7.72. The first kappa shape index (κ1) is 18.6. The molecule has 1 heterocycles. The smallest absolute Gasteiger partial charge is 0.244 e. The lowest BCUT2D eigenvalue weighted by Gasteiger charge is -2.09. The summed E-state index contributed by atoms with van der Waals surface area (Å²) >= 11 is 0. The number of carbonyl (C=O) groups is 2. The predicted octanol–water partition coefficient (Wildman–Crippen LogP) is 4.96. The molecule has 1 amide bonds. The van der Waals surface area contributed by atoms with Crippen LogP contribution < -0.4 is 5.32 Å². The van der Waals surface area contributed by atoms with Gasteiger partial charge in [-0.3, -0.25) is 9.59 Å². The quantitative estimate of drug-likeness (QED) is 0.493. The van der Waals surface area contributed by atoms with Crippen molar-refractivity contribution in [1.29, 1.82) is 0 Å². The number of rotatable bonds is 5. The van der Waals surface area contributed by atoms with Crippen molar-refractivity contribution < 1.29 is 14.0 Å². The first-order chi connectivity index (χ1) is 14.0. The van der Waals surface area contributed by atoms with Gasteiger partial charge in [0.2, 0.25) is 5.91 Å². The number of halogens is 1. The lowest BCUT2D eigenvalue weighted by molar-refractivity contribution is -0.116. The summed E-state index contributed by atoms with van der Waals surface area (Å²) in [6.07, 6.45) is 1.62. The molecular formula is C24H19FN2O2. The van der Waals surface area contributed by atoms with E-state index in [1.807, 2.05) is 49.4 Å². The van der Waals surface area contributed by atoms with Crippen molar-refractivity contribution in [1.82, 2.24) is 4.57 Å². The SMILES string of the molecule is Cc1ccccc1NC(=O)Cn1cc(C(=O)c2ccccc2F)c2ccccc21. The third-order valence-corrected chi connectivity index (χ3v) is 4.88. The minimum absolute atomic E-state index is 0.0137. The van der Waals surface area contributed by atoms with Crippen LogP contribution in [-0.4, -0.2) is 16.3 Å². The van der Waals surface area contributed by atoms with Gasteiger partial charge >= 0.3 is 0 Å². The van der Waals surface area contributed by atoms with Crippen LogP contribution in [0.15, 0.2) is 79.0 Å². The number of fused-ring (bicyclic) bond motifs is 1. The zero-order valence-electron chi connectivity index (χ0n) is 15.9. The van der Waals surface area contributed by atoms with E-state index in [4.69, 9.17) is 0 Å². The van der Waals surface area contributed by atoms with E-state index in [-0.39, 0.29) is 18.0 Å². The van der Waals surface area contributed by atoms with Crippen LogP contribution >= 0.6 is 0 Å². The summed E-state index contributed by atoms with van der Waals surface area (Å²) in [5, 5.41) is 3.58.